The summed E-state index contributed by atoms with van der Waals surface area (Å²) in [5, 5.41) is 0. The van der Waals surface area contributed by atoms with Gasteiger partial charge in [0.1, 0.15) is 29.0 Å². The number of hydrogen-bond donors (Lipinski definition) is 0. The van der Waals surface area contributed by atoms with Gasteiger partial charge < -0.3 is 9.47 Å². The topological polar surface area (TPSA) is 35.5 Å². The molecule has 3 aromatic carbocycles. The highest BCUT2D eigenvalue weighted by molar-refractivity contribution is 6.10. The number of benzene rings is 3. The van der Waals surface area contributed by atoms with Gasteiger partial charge in [-0.05, 0) is 30.2 Å². The number of alkyl halides is 2. The third-order valence-electron chi connectivity index (χ3n) is 5.80. The highest BCUT2D eigenvalue weighted by atomic mass is 19.3. The minimum Gasteiger partial charge on any atom is -0.497 e. The molecule has 3 aromatic rings. The molecule has 0 saturated heterocycles. The van der Waals surface area contributed by atoms with Crippen LogP contribution >= 0.6 is 0 Å². The highest BCUT2D eigenvalue weighted by Gasteiger charge is 2.36. The van der Waals surface area contributed by atoms with E-state index in [9.17, 15) is 26.7 Å². The maximum absolute atomic E-state index is 14.7. The molecule has 0 heterocycles. The molecule has 2 unspecified atom stereocenters. The maximum atomic E-state index is 14.7. The van der Waals surface area contributed by atoms with Crippen LogP contribution < -0.4 is 9.47 Å². The maximum Gasteiger partial charge on any atom is 0.387 e. The molecule has 34 heavy (non-hydrogen) atoms. The monoisotopic (exact) mass is 474 g/mol. The number of carbonyl (C=O) groups is 1. The second kappa shape index (κ2) is 9.67. The highest BCUT2D eigenvalue weighted by Crippen LogP contribution is 2.47. The summed E-state index contributed by atoms with van der Waals surface area (Å²) >= 11 is 0. The molecular formula is C26H19F5O3. The van der Waals surface area contributed by atoms with Crippen molar-refractivity contribution in [1.29, 1.82) is 0 Å². The molecule has 2 atom stereocenters. The van der Waals surface area contributed by atoms with Crippen molar-refractivity contribution in [2.24, 2.45) is 0 Å². The van der Waals surface area contributed by atoms with Gasteiger partial charge in [0.05, 0.1) is 12.7 Å². The largest absolute Gasteiger partial charge is 0.497 e. The quantitative estimate of drug-likeness (QED) is 0.279. The first-order valence-electron chi connectivity index (χ1n) is 10.4. The Kier molecular flexibility index (Phi) is 6.68. The Morgan fingerprint density at radius 3 is 2.24 bits per heavy atom. The van der Waals surface area contributed by atoms with Gasteiger partial charge in [0, 0.05) is 35.1 Å². The fourth-order valence-corrected chi connectivity index (χ4v) is 4.25. The molecule has 0 fully saturated rings. The molecule has 0 amide bonds. The summed E-state index contributed by atoms with van der Waals surface area (Å²) in [5.41, 5.74) is 0.199. The van der Waals surface area contributed by atoms with Crippen molar-refractivity contribution in [3.05, 3.63) is 106 Å². The van der Waals surface area contributed by atoms with Crippen LogP contribution in [0.1, 0.15) is 39.7 Å². The minimum atomic E-state index is -3.10. The van der Waals surface area contributed by atoms with E-state index in [4.69, 9.17) is 4.74 Å². The summed E-state index contributed by atoms with van der Waals surface area (Å²) in [6, 6.07) is 13.3. The Morgan fingerprint density at radius 2 is 1.62 bits per heavy atom. The lowest BCUT2D eigenvalue weighted by molar-refractivity contribution is -0.0505. The van der Waals surface area contributed by atoms with Crippen LogP contribution in [-0.2, 0) is 0 Å². The van der Waals surface area contributed by atoms with Crippen LogP contribution in [0, 0.1) is 17.5 Å². The molecule has 0 aromatic heterocycles. The van der Waals surface area contributed by atoms with Gasteiger partial charge in [0.15, 0.2) is 5.78 Å². The summed E-state index contributed by atoms with van der Waals surface area (Å²) in [4.78, 5) is 13.4. The molecule has 0 saturated carbocycles. The molecule has 1 aliphatic carbocycles. The van der Waals surface area contributed by atoms with E-state index in [2.05, 4.69) is 4.74 Å². The molecule has 0 N–H and O–H groups in total. The number of Topliss-reactive ketones (excluding diaryl/α,β-unsaturated/α-hetero) is 1. The van der Waals surface area contributed by atoms with Crippen molar-refractivity contribution in [3.63, 3.8) is 0 Å². The standard InChI is InChI=1S/C26H19F5O3/c1-33-17-12-21(28)24(22(29)13-17)25(32)20-11-15(14-6-8-16(27)9-7-14)10-19(20)18-4-2-3-5-23(18)34-26(30)31/h2-9,11-13,15,19,26H,10H2,1H3. The van der Waals surface area contributed by atoms with E-state index in [-0.39, 0.29) is 29.1 Å². The van der Waals surface area contributed by atoms with Gasteiger partial charge in [0.2, 0.25) is 0 Å². The first-order valence-corrected chi connectivity index (χ1v) is 10.4. The van der Waals surface area contributed by atoms with Crippen LogP contribution in [0.5, 0.6) is 11.5 Å². The van der Waals surface area contributed by atoms with Gasteiger partial charge in [-0.2, -0.15) is 8.78 Å². The van der Waals surface area contributed by atoms with Crippen LogP contribution in [0.2, 0.25) is 0 Å². The molecule has 176 valence electrons. The lowest BCUT2D eigenvalue weighted by Crippen LogP contribution is -2.14. The number of ketones is 1. The lowest BCUT2D eigenvalue weighted by atomic mass is 9.86. The average Bonchev–Trinajstić information content (AvgIpc) is 3.24. The smallest absolute Gasteiger partial charge is 0.387 e. The van der Waals surface area contributed by atoms with Gasteiger partial charge >= 0.3 is 6.61 Å². The number of hydrogen-bond acceptors (Lipinski definition) is 3. The molecule has 4 rings (SSSR count). The Hall–Kier alpha value is -3.68. The fourth-order valence-electron chi connectivity index (χ4n) is 4.25. The summed E-state index contributed by atoms with van der Waals surface area (Å²) in [7, 11) is 1.23. The SMILES string of the molecule is COc1cc(F)c(C(=O)C2=CC(c3ccc(F)cc3)CC2c2ccccc2OC(F)F)c(F)c1. The number of ether oxygens (including phenoxy) is 2. The van der Waals surface area contributed by atoms with E-state index in [1.54, 1.807) is 12.1 Å². The van der Waals surface area contributed by atoms with Crippen molar-refractivity contribution < 1.29 is 36.2 Å². The van der Waals surface area contributed by atoms with Gasteiger partial charge in [-0.15, -0.1) is 0 Å². The van der Waals surface area contributed by atoms with Crippen molar-refractivity contribution >= 4 is 5.78 Å². The van der Waals surface area contributed by atoms with Crippen molar-refractivity contribution in [2.45, 2.75) is 24.9 Å². The minimum absolute atomic E-state index is 0.0302. The van der Waals surface area contributed by atoms with E-state index in [1.165, 1.54) is 49.6 Å². The Bertz CT molecular complexity index is 1210. The molecule has 0 radical (unpaired) electrons. The number of allylic oxidation sites excluding steroid dienone is 2. The molecule has 0 aliphatic heterocycles. The van der Waals surface area contributed by atoms with Crippen LogP contribution in [-0.4, -0.2) is 19.5 Å². The molecule has 1 aliphatic rings. The van der Waals surface area contributed by atoms with E-state index in [0.717, 1.165) is 12.1 Å². The Balaban J connectivity index is 1.81. The number of para-hydroxylation sites is 1. The third kappa shape index (κ3) is 4.66. The first kappa shape index (κ1) is 23.5. The summed E-state index contributed by atoms with van der Waals surface area (Å²) in [6.45, 7) is -3.10. The summed E-state index contributed by atoms with van der Waals surface area (Å²) < 4.78 is 78.4. The molecular weight excluding hydrogens is 455 g/mol. The second-order valence-corrected chi connectivity index (χ2v) is 7.78. The Labute approximate surface area is 192 Å². The van der Waals surface area contributed by atoms with E-state index >= 15 is 0 Å². The predicted molar refractivity (Wildman–Crippen MR) is 115 cm³/mol. The number of halogens is 5. The van der Waals surface area contributed by atoms with Crippen LogP contribution in [0.3, 0.4) is 0 Å². The third-order valence-corrected chi connectivity index (χ3v) is 5.80. The Morgan fingerprint density at radius 1 is 0.971 bits per heavy atom. The molecule has 8 heteroatoms. The number of carbonyl (C=O) groups excluding carboxylic acids is 1. The van der Waals surface area contributed by atoms with Gasteiger partial charge in [-0.1, -0.05) is 36.4 Å². The lowest BCUT2D eigenvalue weighted by Gasteiger charge is -2.20. The zero-order chi connectivity index (χ0) is 24.4. The van der Waals surface area contributed by atoms with E-state index in [1.807, 2.05) is 0 Å². The van der Waals surface area contributed by atoms with Crippen LogP contribution in [0.4, 0.5) is 22.0 Å². The first-order chi connectivity index (χ1) is 16.3. The van der Waals surface area contributed by atoms with Gasteiger partial charge in [-0.25, -0.2) is 13.2 Å². The summed E-state index contributed by atoms with van der Waals surface area (Å²) in [5.74, 6) is -5.03. The van der Waals surface area contributed by atoms with E-state index in [0.29, 0.717) is 5.56 Å². The van der Waals surface area contributed by atoms with Crippen LogP contribution in [0.25, 0.3) is 0 Å². The van der Waals surface area contributed by atoms with Crippen molar-refractivity contribution in [1.82, 2.24) is 0 Å². The van der Waals surface area contributed by atoms with Crippen LogP contribution in [0.15, 0.2) is 72.3 Å². The normalized spacial score (nSPS) is 17.6. The van der Waals surface area contributed by atoms with Gasteiger partial charge in [-0.3, -0.25) is 4.79 Å². The number of rotatable bonds is 7. The van der Waals surface area contributed by atoms with Gasteiger partial charge in [0.25, 0.3) is 0 Å². The van der Waals surface area contributed by atoms with E-state index < -0.39 is 47.2 Å². The second-order valence-electron chi connectivity index (χ2n) is 7.78. The summed E-state index contributed by atoms with van der Waals surface area (Å²) in [6.07, 6.45) is 1.78. The number of methoxy groups -OCH3 is 1. The average molecular weight is 474 g/mol. The zero-order valence-electron chi connectivity index (χ0n) is 17.9. The molecule has 3 nitrogen and oxygen atoms in total. The van der Waals surface area contributed by atoms with Crippen molar-refractivity contribution in [3.8, 4) is 11.5 Å². The predicted octanol–water partition coefficient (Wildman–Crippen LogP) is 6.79. The molecule has 0 spiro atoms. The van der Waals surface area contributed by atoms with Crippen molar-refractivity contribution in [2.75, 3.05) is 7.11 Å². The molecule has 0 bridgehead atoms. The zero-order valence-corrected chi connectivity index (χ0v) is 17.9. The fraction of sp³-hybridized carbons (Fsp3) is 0.192.